The van der Waals surface area contributed by atoms with Crippen molar-refractivity contribution in [3.8, 4) is 5.75 Å². The molecule has 0 spiro atoms. The molecule has 1 aromatic heterocycles. The van der Waals surface area contributed by atoms with Crippen LogP contribution in [0.2, 0.25) is 0 Å². The van der Waals surface area contributed by atoms with Gasteiger partial charge in [0.1, 0.15) is 5.75 Å². The molecule has 0 saturated heterocycles. The second-order valence-corrected chi connectivity index (χ2v) is 2.87. The van der Waals surface area contributed by atoms with E-state index in [1.54, 1.807) is 0 Å². The van der Waals surface area contributed by atoms with Crippen LogP contribution in [-0.4, -0.2) is 12.1 Å². The van der Waals surface area contributed by atoms with Gasteiger partial charge in [0.25, 0.3) is 0 Å². The summed E-state index contributed by atoms with van der Waals surface area (Å²) in [6.07, 6.45) is 5.39. The van der Waals surface area contributed by atoms with Gasteiger partial charge in [-0.2, -0.15) is 0 Å². The highest BCUT2D eigenvalue weighted by atomic mass is 19.1. The molecule has 0 fully saturated rings. The summed E-state index contributed by atoms with van der Waals surface area (Å²) in [6, 6.07) is 0. The van der Waals surface area contributed by atoms with Crippen LogP contribution in [0.25, 0.3) is 5.57 Å². The Bertz CT molecular complexity index is 347. The molecule has 76 valence electrons. The molecule has 0 unspecified atom stereocenters. The fourth-order valence-electron chi connectivity index (χ4n) is 1.41. The van der Waals surface area contributed by atoms with Crippen LogP contribution in [0.4, 0.5) is 4.39 Å². The number of halogens is 1. The zero-order valence-corrected chi connectivity index (χ0v) is 8.67. The van der Waals surface area contributed by atoms with Crippen molar-refractivity contribution in [1.82, 2.24) is 4.98 Å². The van der Waals surface area contributed by atoms with E-state index in [1.807, 2.05) is 19.9 Å². The Morgan fingerprint density at radius 1 is 1.57 bits per heavy atom. The number of nitrogens with zero attached hydrogens (tertiary/aromatic N) is 1. The van der Waals surface area contributed by atoms with E-state index in [-0.39, 0.29) is 5.82 Å². The van der Waals surface area contributed by atoms with Gasteiger partial charge in [-0.25, -0.2) is 4.39 Å². The summed E-state index contributed by atoms with van der Waals surface area (Å²) in [5, 5.41) is 0. The highest BCUT2D eigenvalue weighted by Gasteiger charge is 2.12. The molecular weight excluding hydrogens is 181 g/mol. The van der Waals surface area contributed by atoms with E-state index < -0.39 is 0 Å². The fourth-order valence-corrected chi connectivity index (χ4v) is 1.41. The van der Waals surface area contributed by atoms with Gasteiger partial charge in [-0.15, -0.1) is 0 Å². The molecule has 1 rings (SSSR count). The van der Waals surface area contributed by atoms with Gasteiger partial charge in [0, 0.05) is 0 Å². The average molecular weight is 195 g/mol. The predicted octanol–water partition coefficient (Wildman–Crippen LogP) is 3.04. The van der Waals surface area contributed by atoms with E-state index in [0.717, 1.165) is 12.0 Å². The van der Waals surface area contributed by atoms with E-state index in [9.17, 15) is 4.39 Å². The van der Waals surface area contributed by atoms with Crippen LogP contribution in [-0.2, 0) is 0 Å². The first-order valence-electron chi connectivity index (χ1n) is 4.57. The first kappa shape index (κ1) is 10.7. The molecule has 14 heavy (non-hydrogen) atoms. The van der Waals surface area contributed by atoms with Crippen LogP contribution < -0.4 is 4.74 Å². The molecule has 0 aromatic carbocycles. The van der Waals surface area contributed by atoms with Gasteiger partial charge in [0.15, 0.2) is 5.82 Å². The normalized spacial score (nSPS) is 11.6. The maximum absolute atomic E-state index is 13.5. The lowest BCUT2D eigenvalue weighted by Gasteiger charge is -2.10. The lowest BCUT2D eigenvalue weighted by Crippen LogP contribution is -1.96. The Morgan fingerprint density at radius 2 is 2.29 bits per heavy atom. The van der Waals surface area contributed by atoms with Crippen molar-refractivity contribution >= 4 is 5.57 Å². The number of methoxy groups -OCH3 is 1. The molecule has 0 aliphatic carbocycles. The molecule has 0 saturated carbocycles. The summed E-state index contributed by atoms with van der Waals surface area (Å²) in [6.45, 7) is 3.87. The van der Waals surface area contributed by atoms with Gasteiger partial charge in [-0.3, -0.25) is 4.98 Å². The number of allylic oxidation sites excluding steroid dienone is 2. The van der Waals surface area contributed by atoms with Crippen molar-refractivity contribution in [3.05, 3.63) is 29.9 Å². The van der Waals surface area contributed by atoms with Gasteiger partial charge in [0.2, 0.25) is 0 Å². The number of hydrogen-bond donors (Lipinski definition) is 0. The topological polar surface area (TPSA) is 22.1 Å². The Labute approximate surface area is 83.4 Å². The summed E-state index contributed by atoms with van der Waals surface area (Å²) < 4.78 is 18.5. The van der Waals surface area contributed by atoms with Gasteiger partial charge in [0.05, 0.1) is 25.1 Å². The van der Waals surface area contributed by atoms with Crippen LogP contribution in [0.3, 0.4) is 0 Å². The molecule has 0 atom stereocenters. The number of ether oxygens (including phenoxy) is 1. The van der Waals surface area contributed by atoms with E-state index in [1.165, 1.54) is 19.5 Å². The van der Waals surface area contributed by atoms with Crippen molar-refractivity contribution in [2.75, 3.05) is 7.11 Å². The van der Waals surface area contributed by atoms with Crippen LogP contribution in [0, 0.1) is 5.82 Å². The molecular formula is C11H14FNO. The summed E-state index contributed by atoms with van der Waals surface area (Å²) in [5.74, 6) is 0.152. The predicted molar refractivity (Wildman–Crippen MR) is 54.7 cm³/mol. The lowest BCUT2D eigenvalue weighted by atomic mass is 10.0. The van der Waals surface area contributed by atoms with Crippen molar-refractivity contribution in [2.45, 2.75) is 20.3 Å². The van der Waals surface area contributed by atoms with E-state index in [2.05, 4.69) is 4.98 Å². The van der Waals surface area contributed by atoms with Crippen molar-refractivity contribution in [2.24, 2.45) is 0 Å². The molecule has 0 amide bonds. The van der Waals surface area contributed by atoms with E-state index in [0.29, 0.717) is 11.3 Å². The maximum Gasteiger partial charge on any atom is 0.152 e. The molecule has 0 radical (unpaired) electrons. The summed E-state index contributed by atoms with van der Waals surface area (Å²) >= 11 is 0. The molecule has 0 bridgehead atoms. The Hall–Kier alpha value is -1.38. The van der Waals surface area contributed by atoms with Gasteiger partial charge < -0.3 is 4.74 Å². The number of aromatic nitrogens is 1. The summed E-state index contributed by atoms with van der Waals surface area (Å²) in [4.78, 5) is 3.74. The maximum atomic E-state index is 13.5. The monoisotopic (exact) mass is 195 g/mol. The second kappa shape index (κ2) is 4.74. The standard InChI is InChI=1S/C11H14FNO/c1-4-8(5-2)11-9(12)6-13-7-10(11)14-3/h4,6-7H,5H2,1-3H3/b8-4+. The minimum Gasteiger partial charge on any atom is -0.494 e. The Balaban J connectivity index is 3.29. The molecule has 2 nitrogen and oxygen atoms in total. The third kappa shape index (κ3) is 1.92. The SMILES string of the molecule is C/C=C(\CC)c1c(F)cncc1OC. The largest absolute Gasteiger partial charge is 0.494 e. The molecule has 1 aromatic rings. The zero-order chi connectivity index (χ0) is 10.6. The quantitative estimate of drug-likeness (QED) is 0.739. The third-order valence-electron chi connectivity index (χ3n) is 2.14. The van der Waals surface area contributed by atoms with Gasteiger partial charge in [-0.05, 0) is 18.9 Å². The molecule has 0 aliphatic heterocycles. The van der Waals surface area contributed by atoms with Crippen molar-refractivity contribution in [3.63, 3.8) is 0 Å². The zero-order valence-electron chi connectivity index (χ0n) is 8.67. The summed E-state index contributed by atoms with van der Waals surface area (Å²) in [5.41, 5.74) is 1.45. The number of rotatable bonds is 3. The van der Waals surface area contributed by atoms with E-state index >= 15 is 0 Å². The van der Waals surface area contributed by atoms with Crippen LogP contribution in [0.1, 0.15) is 25.8 Å². The number of pyridine rings is 1. The fraction of sp³-hybridized carbons (Fsp3) is 0.364. The number of hydrogen-bond acceptors (Lipinski definition) is 2. The van der Waals surface area contributed by atoms with Gasteiger partial charge >= 0.3 is 0 Å². The third-order valence-corrected chi connectivity index (χ3v) is 2.14. The van der Waals surface area contributed by atoms with Crippen LogP contribution >= 0.6 is 0 Å². The van der Waals surface area contributed by atoms with Crippen LogP contribution in [0.5, 0.6) is 5.75 Å². The lowest BCUT2D eigenvalue weighted by molar-refractivity contribution is 0.407. The average Bonchev–Trinajstić information content (AvgIpc) is 2.22. The van der Waals surface area contributed by atoms with Crippen molar-refractivity contribution in [1.29, 1.82) is 0 Å². The molecule has 1 heterocycles. The smallest absolute Gasteiger partial charge is 0.152 e. The van der Waals surface area contributed by atoms with Crippen molar-refractivity contribution < 1.29 is 9.13 Å². The molecule has 3 heteroatoms. The highest BCUT2D eigenvalue weighted by Crippen LogP contribution is 2.29. The minimum absolute atomic E-state index is 0.334. The molecule has 0 aliphatic rings. The summed E-state index contributed by atoms with van der Waals surface area (Å²) in [7, 11) is 1.52. The second-order valence-electron chi connectivity index (χ2n) is 2.87. The first-order valence-corrected chi connectivity index (χ1v) is 4.57. The van der Waals surface area contributed by atoms with Gasteiger partial charge in [-0.1, -0.05) is 13.0 Å². The van der Waals surface area contributed by atoms with Crippen LogP contribution in [0.15, 0.2) is 18.5 Å². The highest BCUT2D eigenvalue weighted by molar-refractivity contribution is 5.70. The van der Waals surface area contributed by atoms with E-state index in [4.69, 9.17) is 4.74 Å². The first-order chi connectivity index (χ1) is 6.74. The Kier molecular flexibility index (Phi) is 3.63. The molecule has 0 N–H and O–H groups in total. The Morgan fingerprint density at radius 3 is 2.79 bits per heavy atom. The minimum atomic E-state index is -0.334.